The summed E-state index contributed by atoms with van der Waals surface area (Å²) in [6, 6.07) is 1.98. The van der Waals surface area contributed by atoms with Gasteiger partial charge in [0.25, 0.3) is 0 Å². The van der Waals surface area contributed by atoms with Gasteiger partial charge in [-0.15, -0.1) is 0 Å². The molecule has 162 valence electrons. The van der Waals surface area contributed by atoms with Crippen molar-refractivity contribution in [1.29, 1.82) is 0 Å². The van der Waals surface area contributed by atoms with E-state index in [2.05, 4.69) is 76.7 Å². The number of rotatable bonds is 0. The predicted octanol–water partition coefficient (Wildman–Crippen LogP) is 1.60. The molecule has 0 saturated carbocycles. The van der Waals surface area contributed by atoms with Gasteiger partial charge in [-0.3, -0.25) is 10.4 Å². The molecule has 26 heavy (non-hydrogen) atoms. The van der Waals surface area contributed by atoms with Gasteiger partial charge in [-0.1, -0.05) is 5.64 Å². The summed E-state index contributed by atoms with van der Waals surface area (Å²) in [4.78, 5) is 0. The minimum Gasteiger partial charge on any atom is -0.310 e. The Balaban J connectivity index is 0. The van der Waals surface area contributed by atoms with Crippen LogP contribution in [0.1, 0.15) is 68.2 Å². The first kappa shape index (κ1) is 28.4. The third-order valence-electron chi connectivity index (χ3n) is 4.54. The minimum atomic E-state index is 0. The van der Waals surface area contributed by atoms with Crippen molar-refractivity contribution < 1.29 is 26.9 Å². The second-order valence-electron chi connectivity index (χ2n) is 8.98. The van der Waals surface area contributed by atoms with Gasteiger partial charge in [-0.25, -0.2) is 0 Å². The summed E-state index contributed by atoms with van der Waals surface area (Å²) in [6.07, 6.45) is 2.26. The molecule has 1 aliphatic rings. The van der Waals surface area contributed by atoms with Gasteiger partial charge in [-0.2, -0.15) is 0 Å². The average molecular weight is 420 g/mol. The van der Waals surface area contributed by atoms with E-state index in [1.807, 2.05) is 0 Å². The summed E-state index contributed by atoms with van der Waals surface area (Å²) in [5.74, 6) is 0. The zero-order valence-electron chi connectivity index (χ0n) is 17.8. The molecular weight excluding hydrogens is 377 g/mol. The molecule has 0 amide bonds. The molecule has 4 atom stereocenters. The fourth-order valence-corrected chi connectivity index (χ4v) is 3.74. The number of hydrogen-bond acceptors (Lipinski definition) is 7. The minimum absolute atomic E-state index is 0. The fraction of sp³-hybridized carbons (Fsp3) is 1.00. The molecule has 0 bridgehead atoms. The summed E-state index contributed by atoms with van der Waals surface area (Å²) in [5, 5.41) is 28.7. The molecule has 0 aromatic rings. The van der Waals surface area contributed by atoms with Crippen molar-refractivity contribution in [2.24, 2.45) is 0 Å². The molecular formula is C18H43N5NiO2. The third-order valence-corrected chi connectivity index (χ3v) is 4.54. The zero-order valence-corrected chi connectivity index (χ0v) is 18.8. The van der Waals surface area contributed by atoms with E-state index >= 15 is 0 Å². The van der Waals surface area contributed by atoms with E-state index in [9.17, 15) is 0 Å². The summed E-state index contributed by atoms with van der Waals surface area (Å²) < 4.78 is 0. The zero-order chi connectivity index (χ0) is 19.7. The molecule has 1 rings (SSSR count). The van der Waals surface area contributed by atoms with E-state index in [0.29, 0.717) is 24.2 Å². The van der Waals surface area contributed by atoms with Crippen LogP contribution in [-0.2, 0) is 16.5 Å². The van der Waals surface area contributed by atoms with E-state index in [-0.39, 0.29) is 27.6 Å². The fourth-order valence-electron chi connectivity index (χ4n) is 3.74. The molecule has 1 aliphatic heterocycles. The first-order chi connectivity index (χ1) is 11.4. The van der Waals surface area contributed by atoms with Gasteiger partial charge in [0.05, 0.1) is 0 Å². The first-order valence-corrected chi connectivity index (χ1v) is 9.46. The Morgan fingerprint density at radius 1 is 0.692 bits per heavy atom. The molecule has 1 saturated heterocycles. The predicted molar refractivity (Wildman–Crippen MR) is 104 cm³/mol. The first-order valence-electron chi connectivity index (χ1n) is 9.46. The van der Waals surface area contributed by atoms with Crippen molar-refractivity contribution in [3.8, 4) is 0 Å². The summed E-state index contributed by atoms with van der Waals surface area (Å²) in [6.45, 7) is 20.4. The maximum absolute atomic E-state index is 6.88. The Kier molecular flexibility index (Phi) is 14.6. The topological polar surface area (TPSA) is 101 Å². The van der Waals surface area contributed by atoms with Crippen molar-refractivity contribution in [1.82, 2.24) is 26.9 Å². The average Bonchev–Trinajstić information content (AvgIpc) is 2.42. The van der Waals surface area contributed by atoms with Gasteiger partial charge < -0.3 is 21.3 Å². The van der Waals surface area contributed by atoms with Crippen LogP contribution in [0.25, 0.3) is 0 Å². The molecule has 0 aromatic carbocycles. The van der Waals surface area contributed by atoms with E-state index in [4.69, 9.17) is 10.4 Å². The molecule has 0 radical (unpaired) electrons. The Labute approximate surface area is 170 Å². The van der Waals surface area contributed by atoms with Gasteiger partial charge >= 0.3 is 0 Å². The van der Waals surface area contributed by atoms with Gasteiger partial charge in [0.15, 0.2) is 0 Å². The molecule has 0 aliphatic carbocycles. The van der Waals surface area contributed by atoms with Crippen LogP contribution in [0.2, 0.25) is 0 Å². The van der Waals surface area contributed by atoms with Gasteiger partial charge in [0, 0.05) is 64.8 Å². The van der Waals surface area contributed by atoms with Crippen LogP contribution in [0.5, 0.6) is 0 Å². The summed E-state index contributed by atoms with van der Waals surface area (Å²) in [7, 11) is 0. The molecule has 0 spiro atoms. The van der Waals surface area contributed by atoms with Crippen molar-refractivity contribution in [2.45, 2.75) is 103 Å². The molecule has 0 aromatic heterocycles. The van der Waals surface area contributed by atoms with E-state index in [1.54, 1.807) is 0 Å². The Hall–Kier alpha value is 0.214. The van der Waals surface area contributed by atoms with Gasteiger partial charge in [-0.05, 0) is 68.2 Å². The van der Waals surface area contributed by atoms with E-state index in [1.165, 1.54) is 0 Å². The Morgan fingerprint density at radius 3 is 1.23 bits per heavy atom. The van der Waals surface area contributed by atoms with Crippen LogP contribution in [0, 0.1) is 0 Å². The molecule has 4 unspecified atom stereocenters. The van der Waals surface area contributed by atoms with Gasteiger partial charge in [0.1, 0.15) is 0 Å². The molecule has 7 nitrogen and oxygen atoms in total. The Morgan fingerprint density at radius 2 is 0.962 bits per heavy atom. The number of hydrogen-bond donors (Lipinski definition) is 7. The van der Waals surface area contributed by atoms with Crippen LogP contribution in [0.15, 0.2) is 0 Å². The van der Waals surface area contributed by atoms with Crippen LogP contribution in [0.3, 0.4) is 0 Å². The monoisotopic (exact) mass is 419 g/mol. The number of nitrogens with one attached hydrogen (secondary N) is 5. The normalized spacial score (nSPS) is 33.0. The Bertz CT molecular complexity index is 326. The summed E-state index contributed by atoms with van der Waals surface area (Å²) >= 11 is 0. The second-order valence-corrected chi connectivity index (χ2v) is 8.98. The summed E-state index contributed by atoms with van der Waals surface area (Å²) in [5.41, 5.74) is 1.06. The maximum Gasteiger partial charge on any atom is 0.0166 e. The van der Waals surface area contributed by atoms with Crippen molar-refractivity contribution in [3.63, 3.8) is 0 Å². The van der Waals surface area contributed by atoms with Crippen LogP contribution >= 0.6 is 0 Å². The van der Waals surface area contributed by atoms with Crippen LogP contribution in [0.4, 0.5) is 0 Å². The quantitative estimate of drug-likeness (QED) is 0.236. The van der Waals surface area contributed by atoms with E-state index < -0.39 is 0 Å². The molecule has 7 N–H and O–H groups in total. The van der Waals surface area contributed by atoms with Gasteiger partial charge in [0.2, 0.25) is 0 Å². The maximum atomic E-state index is 6.88. The van der Waals surface area contributed by atoms with Crippen molar-refractivity contribution in [2.75, 3.05) is 13.1 Å². The second kappa shape index (κ2) is 13.4. The van der Waals surface area contributed by atoms with Crippen LogP contribution < -0.4 is 26.9 Å². The largest absolute Gasteiger partial charge is 0.310 e. The molecule has 1 heterocycles. The van der Waals surface area contributed by atoms with Crippen LogP contribution in [-0.4, -0.2) is 58.7 Å². The third kappa shape index (κ3) is 14.3. The molecule has 1 fully saturated rings. The SMILES string of the molecule is CC1CNC(C)(C)CC(C)NC(C)CNC(C)(C)CC(C)N1.ONO.[Ni]. The van der Waals surface area contributed by atoms with Crippen molar-refractivity contribution >= 4 is 0 Å². The smallest absolute Gasteiger partial charge is 0.0166 e. The standard InChI is InChI=1S/C18H40N4.H3NO2.Ni/c1-13-9-17(5,6)19-12-16(4)22-14(2)10-18(7,8)20-11-15(3)21-13;2-1-3;/h13-16,19-22H,9-12H2,1-8H3;1-3H;. The van der Waals surface area contributed by atoms with E-state index in [0.717, 1.165) is 31.6 Å². The van der Waals surface area contributed by atoms with Crippen molar-refractivity contribution in [3.05, 3.63) is 0 Å². The molecule has 8 heteroatoms.